The number of benzene rings is 1. The minimum atomic E-state index is 0.369. The van der Waals surface area contributed by atoms with Gasteiger partial charge in [0.05, 0.1) is 14.2 Å². The summed E-state index contributed by atoms with van der Waals surface area (Å²) in [6, 6.07) is 4.06. The van der Waals surface area contributed by atoms with Crippen molar-refractivity contribution in [3.8, 4) is 11.5 Å². The molecule has 0 aromatic heterocycles. The summed E-state index contributed by atoms with van der Waals surface area (Å²) < 4.78 is 11.7. The normalized spacial score (nSPS) is 17.4. The minimum Gasteiger partial charge on any atom is -0.495 e. The molecular formula is C13H16Br2O2. The molecule has 0 radical (unpaired) electrons. The minimum absolute atomic E-state index is 0.369. The van der Waals surface area contributed by atoms with Crippen LogP contribution >= 0.6 is 31.9 Å². The standard InChI is InChI=1S/C13H16Br2O2/c1-16-10-7-6-9(13(17-2)12(10)15)11(14)8-4-3-5-8/h6-8,11H,3-5H2,1-2H3. The molecule has 1 aromatic rings. The maximum absolute atomic E-state index is 5.50. The Labute approximate surface area is 119 Å². The van der Waals surface area contributed by atoms with Gasteiger partial charge in [0, 0.05) is 10.4 Å². The second-order valence-corrected chi connectivity index (χ2v) is 6.08. The smallest absolute Gasteiger partial charge is 0.141 e. The average molecular weight is 364 g/mol. The highest BCUT2D eigenvalue weighted by Gasteiger charge is 2.29. The zero-order valence-electron chi connectivity index (χ0n) is 10.0. The van der Waals surface area contributed by atoms with Crippen LogP contribution < -0.4 is 9.47 Å². The van der Waals surface area contributed by atoms with Crippen molar-refractivity contribution >= 4 is 31.9 Å². The first kappa shape index (κ1) is 13.2. The van der Waals surface area contributed by atoms with Gasteiger partial charge in [-0.15, -0.1) is 0 Å². The largest absolute Gasteiger partial charge is 0.495 e. The van der Waals surface area contributed by atoms with Crippen LogP contribution in [0, 0.1) is 5.92 Å². The maximum atomic E-state index is 5.50. The highest BCUT2D eigenvalue weighted by molar-refractivity contribution is 9.10. The molecular weight excluding hydrogens is 348 g/mol. The summed E-state index contributed by atoms with van der Waals surface area (Å²) in [6.07, 6.45) is 3.93. The molecule has 17 heavy (non-hydrogen) atoms. The van der Waals surface area contributed by atoms with Crippen LogP contribution in [0.5, 0.6) is 11.5 Å². The van der Waals surface area contributed by atoms with Crippen molar-refractivity contribution in [2.45, 2.75) is 24.1 Å². The molecule has 0 bridgehead atoms. The first-order chi connectivity index (χ1) is 8.19. The Bertz CT molecular complexity index is 403. The summed E-state index contributed by atoms with van der Waals surface area (Å²) >= 11 is 7.33. The summed E-state index contributed by atoms with van der Waals surface area (Å²) in [5.74, 6) is 2.40. The monoisotopic (exact) mass is 362 g/mol. The molecule has 94 valence electrons. The molecule has 1 saturated carbocycles. The number of alkyl halides is 1. The van der Waals surface area contributed by atoms with E-state index in [0.717, 1.165) is 21.9 Å². The quantitative estimate of drug-likeness (QED) is 0.721. The lowest BCUT2D eigenvalue weighted by Crippen LogP contribution is -2.16. The van der Waals surface area contributed by atoms with Gasteiger partial charge in [0.2, 0.25) is 0 Å². The average Bonchev–Trinajstić information content (AvgIpc) is 2.26. The Morgan fingerprint density at radius 2 is 1.94 bits per heavy atom. The summed E-state index contributed by atoms with van der Waals surface area (Å²) in [4.78, 5) is 0.369. The van der Waals surface area contributed by atoms with Crippen LogP contribution in [0.3, 0.4) is 0 Å². The van der Waals surface area contributed by atoms with Gasteiger partial charge >= 0.3 is 0 Å². The Morgan fingerprint density at radius 1 is 1.24 bits per heavy atom. The number of hydrogen-bond acceptors (Lipinski definition) is 2. The second-order valence-electron chi connectivity index (χ2n) is 4.30. The SMILES string of the molecule is COc1ccc(C(Br)C2CCC2)c(OC)c1Br. The van der Waals surface area contributed by atoms with Gasteiger partial charge in [-0.2, -0.15) is 0 Å². The van der Waals surface area contributed by atoms with E-state index >= 15 is 0 Å². The summed E-state index contributed by atoms with van der Waals surface area (Å²) in [6.45, 7) is 0. The lowest BCUT2D eigenvalue weighted by atomic mass is 9.80. The van der Waals surface area contributed by atoms with Crippen LogP contribution in [-0.2, 0) is 0 Å². The van der Waals surface area contributed by atoms with E-state index < -0.39 is 0 Å². The lowest BCUT2D eigenvalue weighted by molar-refractivity contribution is 0.306. The molecule has 1 aliphatic rings. The van der Waals surface area contributed by atoms with Gasteiger partial charge in [-0.3, -0.25) is 0 Å². The molecule has 0 N–H and O–H groups in total. The Balaban J connectivity index is 2.35. The highest BCUT2D eigenvalue weighted by Crippen LogP contribution is 2.49. The molecule has 1 unspecified atom stereocenters. The molecule has 1 aliphatic carbocycles. The number of ether oxygens (including phenoxy) is 2. The third kappa shape index (κ3) is 2.48. The van der Waals surface area contributed by atoms with E-state index in [0.29, 0.717) is 4.83 Å². The van der Waals surface area contributed by atoms with Crippen LogP contribution in [0.15, 0.2) is 16.6 Å². The van der Waals surface area contributed by atoms with Crippen LogP contribution in [-0.4, -0.2) is 14.2 Å². The first-order valence-electron chi connectivity index (χ1n) is 5.73. The molecule has 0 saturated heterocycles. The van der Waals surface area contributed by atoms with Crippen molar-refractivity contribution in [1.29, 1.82) is 0 Å². The predicted octanol–water partition coefficient (Wildman–Crippen LogP) is 4.70. The van der Waals surface area contributed by atoms with Crippen molar-refractivity contribution in [3.63, 3.8) is 0 Å². The van der Waals surface area contributed by atoms with E-state index in [1.165, 1.54) is 24.8 Å². The molecule has 0 spiro atoms. The van der Waals surface area contributed by atoms with Gasteiger partial charge in [0.25, 0.3) is 0 Å². The Kier molecular flexibility index (Phi) is 4.36. The molecule has 2 rings (SSSR count). The number of hydrogen-bond donors (Lipinski definition) is 0. The van der Waals surface area contributed by atoms with E-state index in [2.05, 4.69) is 37.9 Å². The molecule has 4 heteroatoms. The summed E-state index contributed by atoms with van der Waals surface area (Å²) in [7, 11) is 3.36. The fourth-order valence-corrected chi connectivity index (χ4v) is 3.70. The Hall–Kier alpha value is -0.220. The van der Waals surface area contributed by atoms with E-state index in [1.807, 2.05) is 6.07 Å². The van der Waals surface area contributed by atoms with Crippen molar-refractivity contribution < 1.29 is 9.47 Å². The number of methoxy groups -OCH3 is 2. The Morgan fingerprint density at radius 3 is 2.41 bits per heavy atom. The third-order valence-corrected chi connectivity index (χ3v) is 5.37. The van der Waals surface area contributed by atoms with Crippen molar-refractivity contribution in [2.75, 3.05) is 14.2 Å². The van der Waals surface area contributed by atoms with Gasteiger partial charge in [-0.05, 0) is 40.8 Å². The number of rotatable bonds is 4. The fourth-order valence-electron chi connectivity index (χ4n) is 2.12. The number of halogens is 2. The van der Waals surface area contributed by atoms with Crippen molar-refractivity contribution in [1.82, 2.24) is 0 Å². The van der Waals surface area contributed by atoms with Crippen LogP contribution in [0.2, 0.25) is 0 Å². The van der Waals surface area contributed by atoms with Gasteiger partial charge in [0.15, 0.2) is 0 Å². The molecule has 1 atom stereocenters. The van der Waals surface area contributed by atoms with Gasteiger partial charge < -0.3 is 9.47 Å². The second kappa shape index (κ2) is 5.61. The maximum Gasteiger partial charge on any atom is 0.141 e. The van der Waals surface area contributed by atoms with Gasteiger partial charge in [0.1, 0.15) is 16.0 Å². The third-order valence-electron chi connectivity index (χ3n) is 3.38. The first-order valence-corrected chi connectivity index (χ1v) is 7.44. The molecule has 1 aromatic carbocycles. The summed E-state index contributed by atoms with van der Waals surface area (Å²) in [5.41, 5.74) is 1.20. The van der Waals surface area contributed by atoms with E-state index in [1.54, 1.807) is 14.2 Å². The van der Waals surface area contributed by atoms with Gasteiger partial charge in [-0.1, -0.05) is 28.4 Å². The van der Waals surface area contributed by atoms with Crippen LogP contribution in [0.25, 0.3) is 0 Å². The zero-order valence-corrected chi connectivity index (χ0v) is 13.2. The van der Waals surface area contributed by atoms with Crippen LogP contribution in [0.1, 0.15) is 29.7 Å². The molecule has 1 fully saturated rings. The van der Waals surface area contributed by atoms with Crippen LogP contribution in [0.4, 0.5) is 0 Å². The zero-order chi connectivity index (χ0) is 12.4. The molecule has 0 aliphatic heterocycles. The molecule has 0 amide bonds. The molecule has 2 nitrogen and oxygen atoms in total. The van der Waals surface area contributed by atoms with E-state index in [4.69, 9.17) is 9.47 Å². The van der Waals surface area contributed by atoms with Gasteiger partial charge in [-0.25, -0.2) is 0 Å². The van der Waals surface area contributed by atoms with Crippen molar-refractivity contribution in [3.05, 3.63) is 22.2 Å². The topological polar surface area (TPSA) is 18.5 Å². The van der Waals surface area contributed by atoms with Crippen molar-refractivity contribution in [2.24, 2.45) is 5.92 Å². The fraction of sp³-hybridized carbons (Fsp3) is 0.538. The molecule has 0 heterocycles. The highest BCUT2D eigenvalue weighted by atomic mass is 79.9. The van der Waals surface area contributed by atoms with E-state index in [9.17, 15) is 0 Å². The lowest BCUT2D eigenvalue weighted by Gasteiger charge is -2.31. The predicted molar refractivity (Wildman–Crippen MR) is 76.3 cm³/mol. The summed E-state index contributed by atoms with van der Waals surface area (Å²) in [5, 5.41) is 0. The van der Waals surface area contributed by atoms with E-state index in [-0.39, 0.29) is 0 Å².